The number of hydrogen-bond acceptors (Lipinski definition) is 6. The number of rotatable bonds is 11. The molecule has 1 saturated heterocycles. The number of nitrogens with zero attached hydrogens (tertiary/aromatic N) is 2. The van der Waals surface area contributed by atoms with E-state index in [2.05, 4.69) is 26.5 Å². The lowest BCUT2D eigenvalue weighted by atomic mass is 10.1. The second kappa shape index (κ2) is 13.5. The molecular weight excluding hydrogens is 480 g/mol. The van der Waals surface area contributed by atoms with Gasteiger partial charge in [-0.25, -0.2) is 0 Å². The normalized spacial score (nSPS) is 13.2. The Morgan fingerprint density at radius 1 is 0.868 bits per heavy atom. The Hall–Kier alpha value is -4.04. The highest BCUT2D eigenvalue weighted by Crippen LogP contribution is 2.31. The number of hydrogen-bond donors (Lipinski definition) is 2. The average Bonchev–Trinajstić information content (AvgIpc) is 2.96. The van der Waals surface area contributed by atoms with Crippen LogP contribution in [-0.2, 0) is 16.1 Å². The molecule has 1 heterocycles. The quantitative estimate of drug-likeness (QED) is 0.395. The van der Waals surface area contributed by atoms with E-state index in [4.69, 9.17) is 9.47 Å². The summed E-state index contributed by atoms with van der Waals surface area (Å²) in [5, 5.41) is 5.85. The van der Waals surface area contributed by atoms with E-state index < -0.39 is 0 Å². The van der Waals surface area contributed by atoms with Crippen LogP contribution in [0.3, 0.4) is 0 Å². The van der Waals surface area contributed by atoms with Crippen LogP contribution in [-0.4, -0.2) is 58.3 Å². The van der Waals surface area contributed by atoms with E-state index in [0.29, 0.717) is 24.4 Å². The summed E-state index contributed by atoms with van der Waals surface area (Å²) in [6, 6.07) is 23.2. The molecule has 3 aromatic carbocycles. The van der Waals surface area contributed by atoms with Gasteiger partial charge in [0.25, 0.3) is 5.91 Å². The van der Waals surface area contributed by atoms with Crippen LogP contribution < -0.4 is 25.2 Å². The minimum Gasteiger partial charge on any atom is -0.495 e. The zero-order chi connectivity index (χ0) is 26.7. The Bertz CT molecular complexity index is 1210. The molecule has 0 spiro atoms. The minimum atomic E-state index is -0.265. The lowest BCUT2D eigenvalue weighted by molar-refractivity contribution is -0.121. The minimum absolute atomic E-state index is 0.0705. The second-order valence-electron chi connectivity index (χ2n) is 9.16. The first kappa shape index (κ1) is 27.0. The molecule has 3 aromatic rings. The van der Waals surface area contributed by atoms with Crippen LogP contribution in [0.15, 0.2) is 72.8 Å². The van der Waals surface area contributed by atoms with Crippen LogP contribution in [0.1, 0.15) is 29.3 Å². The van der Waals surface area contributed by atoms with Crippen molar-refractivity contribution in [1.82, 2.24) is 5.32 Å². The summed E-state index contributed by atoms with van der Waals surface area (Å²) < 4.78 is 11.1. The molecule has 4 rings (SSSR count). The van der Waals surface area contributed by atoms with Gasteiger partial charge in [0, 0.05) is 44.1 Å². The van der Waals surface area contributed by atoms with Gasteiger partial charge < -0.3 is 29.9 Å². The molecule has 2 N–H and O–H groups in total. The van der Waals surface area contributed by atoms with Gasteiger partial charge in [-0.2, -0.15) is 0 Å². The van der Waals surface area contributed by atoms with E-state index in [1.807, 2.05) is 67.6 Å². The molecule has 8 heteroatoms. The molecule has 2 amide bonds. The van der Waals surface area contributed by atoms with Gasteiger partial charge in [-0.1, -0.05) is 49.4 Å². The Labute approximate surface area is 224 Å². The third kappa shape index (κ3) is 7.04. The highest BCUT2D eigenvalue weighted by Gasteiger charge is 2.23. The Kier molecular flexibility index (Phi) is 9.59. The van der Waals surface area contributed by atoms with E-state index >= 15 is 0 Å². The van der Waals surface area contributed by atoms with Gasteiger partial charge in [0.1, 0.15) is 12.4 Å². The van der Waals surface area contributed by atoms with Crippen molar-refractivity contribution in [3.8, 4) is 5.75 Å². The van der Waals surface area contributed by atoms with Crippen molar-refractivity contribution >= 4 is 28.9 Å². The fourth-order valence-electron chi connectivity index (χ4n) is 4.52. The van der Waals surface area contributed by atoms with Crippen molar-refractivity contribution in [3.05, 3.63) is 83.9 Å². The van der Waals surface area contributed by atoms with Crippen molar-refractivity contribution < 1.29 is 19.1 Å². The molecule has 0 aliphatic carbocycles. The second-order valence-corrected chi connectivity index (χ2v) is 9.16. The molecule has 0 radical (unpaired) electrons. The maximum absolute atomic E-state index is 13.1. The highest BCUT2D eigenvalue weighted by molar-refractivity contribution is 6.02. The van der Waals surface area contributed by atoms with Gasteiger partial charge in [-0.15, -0.1) is 0 Å². The van der Waals surface area contributed by atoms with Gasteiger partial charge in [-0.05, 0) is 42.3 Å². The Morgan fingerprint density at radius 3 is 2.26 bits per heavy atom. The number of anilines is 3. The maximum atomic E-state index is 13.1. The Balaban J connectivity index is 1.42. The smallest absolute Gasteiger partial charge is 0.253 e. The van der Waals surface area contributed by atoms with Crippen molar-refractivity contribution in [1.29, 1.82) is 0 Å². The molecule has 0 saturated carbocycles. The van der Waals surface area contributed by atoms with Crippen LogP contribution in [0.25, 0.3) is 0 Å². The SMILES string of the molecule is CCCNC(=O)c1cc(NC(=O)COCc2ccccc2)ccc1N1CCN(c2ccccc2OC)CC1. The van der Waals surface area contributed by atoms with Gasteiger partial charge in [0.2, 0.25) is 5.91 Å². The zero-order valence-corrected chi connectivity index (χ0v) is 22.1. The summed E-state index contributed by atoms with van der Waals surface area (Å²) >= 11 is 0. The number of piperazine rings is 1. The summed E-state index contributed by atoms with van der Waals surface area (Å²) in [7, 11) is 1.69. The number of carbonyl (C=O) groups excluding carboxylic acids is 2. The van der Waals surface area contributed by atoms with E-state index in [9.17, 15) is 9.59 Å². The molecule has 1 aliphatic rings. The van der Waals surface area contributed by atoms with Crippen LogP contribution >= 0.6 is 0 Å². The van der Waals surface area contributed by atoms with Crippen molar-refractivity contribution in [2.24, 2.45) is 0 Å². The number of benzene rings is 3. The number of methoxy groups -OCH3 is 1. The molecule has 1 fully saturated rings. The van der Waals surface area contributed by atoms with Gasteiger partial charge in [0.15, 0.2) is 0 Å². The lowest BCUT2D eigenvalue weighted by Crippen LogP contribution is -2.47. The molecule has 1 aliphatic heterocycles. The molecule has 0 unspecified atom stereocenters. The van der Waals surface area contributed by atoms with Crippen molar-refractivity contribution in [2.45, 2.75) is 20.0 Å². The predicted molar refractivity (Wildman–Crippen MR) is 151 cm³/mol. The number of nitrogens with one attached hydrogen (secondary N) is 2. The highest BCUT2D eigenvalue weighted by atomic mass is 16.5. The Morgan fingerprint density at radius 2 is 1.55 bits per heavy atom. The summed E-state index contributed by atoms with van der Waals surface area (Å²) in [5.41, 5.74) is 4.05. The standard InChI is InChI=1S/C30H36N4O4/c1-3-15-31-30(36)25-20-24(32-29(35)22-38-21-23-9-5-4-6-10-23)13-14-26(25)33-16-18-34(19-17-33)27-11-7-8-12-28(27)37-2/h4-14,20H,3,15-19,21-22H2,1-2H3,(H,31,36)(H,32,35). The van der Waals surface area contributed by atoms with Crippen LogP contribution in [0.4, 0.5) is 17.1 Å². The van der Waals surface area contributed by atoms with Crippen LogP contribution in [0.5, 0.6) is 5.75 Å². The molecule has 38 heavy (non-hydrogen) atoms. The van der Waals surface area contributed by atoms with E-state index in [-0.39, 0.29) is 18.4 Å². The van der Waals surface area contributed by atoms with Gasteiger partial charge >= 0.3 is 0 Å². The van der Waals surface area contributed by atoms with Crippen molar-refractivity contribution in [3.63, 3.8) is 0 Å². The summed E-state index contributed by atoms with van der Waals surface area (Å²) in [6.07, 6.45) is 0.841. The average molecular weight is 517 g/mol. The summed E-state index contributed by atoms with van der Waals surface area (Å²) in [6.45, 7) is 6.00. The van der Waals surface area contributed by atoms with Gasteiger partial charge in [-0.3, -0.25) is 9.59 Å². The summed E-state index contributed by atoms with van der Waals surface area (Å²) in [5.74, 6) is 0.442. The fraction of sp³-hybridized carbons (Fsp3) is 0.333. The molecule has 0 bridgehead atoms. The first-order valence-electron chi connectivity index (χ1n) is 13.1. The summed E-state index contributed by atoms with van der Waals surface area (Å²) in [4.78, 5) is 30.1. The van der Waals surface area contributed by atoms with E-state index in [1.54, 1.807) is 13.2 Å². The molecular formula is C30H36N4O4. The maximum Gasteiger partial charge on any atom is 0.253 e. The fourth-order valence-corrected chi connectivity index (χ4v) is 4.52. The largest absolute Gasteiger partial charge is 0.495 e. The number of carbonyl (C=O) groups is 2. The molecule has 200 valence electrons. The zero-order valence-electron chi connectivity index (χ0n) is 22.1. The third-order valence-corrected chi connectivity index (χ3v) is 6.45. The van der Waals surface area contributed by atoms with Crippen molar-refractivity contribution in [2.75, 3.05) is 61.6 Å². The van der Waals surface area contributed by atoms with E-state index in [0.717, 1.165) is 55.3 Å². The van der Waals surface area contributed by atoms with Gasteiger partial charge in [0.05, 0.1) is 25.0 Å². The van der Waals surface area contributed by atoms with Crippen LogP contribution in [0.2, 0.25) is 0 Å². The molecule has 8 nitrogen and oxygen atoms in total. The first-order chi connectivity index (χ1) is 18.6. The third-order valence-electron chi connectivity index (χ3n) is 6.45. The first-order valence-corrected chi connectivity index (χ1v) is 13.1. The lowest BCUT2D eigenvalue weighted by Gasteiger charge is -2.38. The van der Waals surface area contributed by atoms with Crippen LogP contribution in [0, 0.1) is 0 Å². The number of para-hydroxylation sites is 2. The molecule has 0 aromatic heterocycles. The predicted octanol–water partition coefficient (Wildman–Crippen LogP) is 4.32. The van der Waals surface area contributed by atoms with E-state index in [1.165, 1.54) is 0 Å². The number of amides is 2. The monoisotopic (exact) mass is 516 g/mol. The molecule has 0 atom stereocenters. The number of ether oxygens (including phenoxy) is 2. The topological polar surface area (TPSA) is 83.1 Å².